The lowest BCUT2D eigenvalue weighted by atomic mass is 10.1. The lowest BCUT2D eigenvalue weighted by Gasteiger charge is -2.32. The number of hydrogen-bond donors (Lipinski definition) is 1. The summed E-state index contributed by atoms with van der Waals surface area (Å²) in [5, 5.41) is 11.5. The van der Waals surface area contributed by atoms with E-state index in [1.807, 2.05) is 18.2 Å². The molecule has 0 bridgehead atoms. The van der Waals surface area contributed by atoms with Gasteiger partial charge in [0, 0.05) is 25.9 Å². The van der Waals surface area contributed by atoms with Gasteiger partial charge in [-0.25, -0.2) is 4.98 Å². The van der Waals surface area contributed by atoms with Crippen molar-refractivity contribution < 1.29 is 9.53 Å². The molecular formula is C18H18N6O3S. The Balaban J connectivity index is 1.49. The van der Waals surface area contributed by atoms with E-state index in [9.17, 15) is 9.59 Å². The standard InChI is InChI=1S/C18H18N6O3S/c1-23-9-12(5-6-16(23)25)17(26)24-7-8-27-14(10-24)13-3-2-4-15(20-13)21-18-22-19-11-28-18/h2-6,9,11,14H,7-8,10H2,1H3,(H,20,21,22). The van der Waals surface area contributed by atoms with Gasteiger partial charge in [0.25, 0.3) is 5.91 Å². The maximum atomic E-state index is 12.8. The smallest absolute Gasteiger partial charge is 0.255 e. The first-order valence-corrected chi connectivity index (χ1v) is 9.56. The first kappa shape index (κ1) is 18.3. The van der Waals surface area contributed by atoms with E-state index in [4.69, 9.17) is 4.74 Å². The Morgan fingerprint density at radius 2 is 2.21 bits per heavy atom. The molecule has 0 saturated carbocycles. The Labute approximate surface area is 164 Å². The number of carbonyl (C=O) groups is 1. The number of morpholine rings is 1. The molecule has 144 valence electrons. The van der Waals surface area contributed by atoms with E-state index in [1.54, 1.807) is 29.7 Å². The quantitative estimate of drug-likeness (QED) is 0.712. The molecule has 1 fully saturated rings. The molecule has 1 atom stereocenters. The molecule has 1 N–H and O–H groups in total. The predicted octanol–water partition coefficient (Wildman–Crippen LogP) is 1.59. The first-order valence-electron chi connectivity index (χ1n) is 8.68. The van der Waals surface area contributed by atoms with Crippen LogP contribution in [0.15, 0.2) is 46.8 Å². The molecular weight excluding hydrogens is 380 g/mol. The van der Waals surface area contributed by atoms with Gasteiger partial charge in [0.1, 0.15) is 17.4 Å². The zero-order valence-corrected chi connectivity index (χ0v) is 15.9. The van der Waals surface area contributed by atoms with Crippen LogP contribution in [0.5, 0.6) is 0 Å². The minimum atomic E-state index is -0.332. The zero-order chi connectivity index (χ0) is 19.5. The molecule has 3 aromatic heterocycles. The number of amides is 1. The van der Waals surface area contributed by atoms with Gasteiger partial charge in [-0.05, 0) is 18.2 Å². The van der Waals surface area contributed by atoms with Gasteiger partial charge in [0.2, 0.25) is 10.7 Å². The number of rotatable bonds is 4. The summed E-state index contributed by atoms with van der Waals surface area (Å²) in [6.45, 7) is 1.29. The van der Waals surface area contributed by atoms with Gasteiger partial charge in [-0.2, -0.15) is 0 Å². The molecule has 0 spiro atoms. The van der Waals surface area contributed by atoms with E-state index in [1.165, 1.54) is 22.0 Å². The van der Waals surface area contributed by atoms with Crippen LogP contribution in [-0.2, 0) is 11.8 Å². The Bertz CT molecular complexity index is 1040. The molecule has 28 heavy (non-hydrogen) atoms. The van der Waals surface area contributed by atoms with Crippen molar-refractivity contribution >= 4 is 28.2 Å². The number of pyridine rings is 2. The molecule has 1 unspecified atom stereocenters. The summed E-state index contributed by atoms with van der Waals surface area (Å²) in [6, 6.07) is 8.54. The monoisotopic (exact) mass is 398 g/mol. The topological polar surface area (TPSA) is 102 Å². The molecule has 1 amide bonds. The fourth-order valence-electron chi connectivity index (χ4n) is 2.95. The van der Waals surface area contributed by atoms with Crippen LogP contribution in [0.4, 0.5) is 10.9 Å². The van der Waals surface area contributed by atoms with E-state index in [-0.39, 0.29) is 17.6 Å². The molecule has 3 aromatic rings. The van der Waals surface area contributed by atoms with E-state index in [2.05, 4.69) is 20.5 Å². The summed E-state index contributed by atoms with van der Waals surface area (Å²) in [5.74, 6) is 0.506. The molecule has 0 radical (unpaired) electrons. The van der Waals surface area contributed by atoms with Gasteiger partial charge in [-0.15, -0.1) is 10.2 Å². The SMILES string of the molecule is Cn1cc(C(=O)N2CCOC(c3cccc(Nc4nncs4)n3)C2)ccc1=O. The number of aryl methyl sites for hydroxylation is 1. The molecule has 4 heterocycles. The summed E-state index contributed by atoms with van der Waals surface area (Å²) < 4.78 is 7.25. The van der Waals surface area contributed by atoms with Crippen LogP contribution in [0.2, 0.25) is 0 Å². The van der Waals surface area contributed by atoms with Crippen molar-refractivity contribution in [2.24, 2.45) is 7.05 Å². The van der Waals surface area contributed by atoms with Gasteiger partial charge in [-0.3, -0.25) is 9.59 Å². The van der Waals surface area contributed by atoms with Crippen molar-refractivity contribution in [2.75, 3.05) is 25.0 Å². The summed E-state index contributed by atoms with van der Waals surface area (Å²) in [4.78, 5) is 30.7. The molecule has 1 saturated heterocycles. The maximum Gasteiger partial charge on any atom is 0.255 e. The number of nitrogens with one attached hydrogen (secondary N) is 1. The van der Waals surface area contributed by atoms with E-state index in [0.29, 0.717) is 36.2 Å². The van der Waals surface area contributed by atoms with Crippen LogP contribution in [0.1, 0.15) is 22.2 Å². The summed E-state index contributed by atoms with van der Waals surface area (Å²) in [6.07, 6.45) is 1.22. The lowest BCUT2D eigenvalue weighted by molar-refractivity contribution is -0.0246. The van der Waals surface area contributed by atoms with Crippen LogP contribution in [0, 0.1) is 0 Å². The van der Waals surface area contributed by atoms with Crippen LogP contribution >= 0.6 is 11.3 Å². The van der Waals surface area contributed by atoms with Gasteiger partial charge in [0.15, 0.2) is 0 Å². The molecule has 9 nitrogen and oxygen atoms in total. The second-order valence-electron chi connectivity index (χ2n) is 6.29. The van der Waals surface area contributed by atoms with Crippen molar-refractivity contribution in [1.82, 2.24) is 24.6 Å². The fraction of sp³-hybridized carbons (Fsp3) is 0.278. The van der Waals surface area contributed by atoms with Crippen molar-refractivity contribution in [3.05, 3.63) is 63.7 Å². The largest absolute Gasteiger partial charge is 0.368 e. The van der Waals surface area contributed by atoms with E-state index in [0.717, 1.165) is 5.69 Å². The van der Waals surface area contributed by atoms with Crippen molar-refractivity contribution in [3.8, 4) is 0 Å². The van der Waals surface area contributed by atoms with Crippen molar-refractivity contribution in [1.29, 1.82) is 0 Å². The molecule has 0 aromatic carbocycles. The normalized spacial score (nSPS) is 16.8. The molecule has 0 aliphatic carbocycles. The third-order valence-corrected chi connectivity index (χ3v) is 4.99. The summed E-state index contributed by atoms with van der Waals surface area (Å²) >= 11 is 1.38. The van der Waals surface area contributed by atoms with E-state index >= 15 is 0 Å². The maximum absolute atomic E-state index is 12.8. The second kappa shape index (κ2) is 7.87. The number of carbonyl (C=O) groups excluding carboxylic acids is 1. The lowest BCUT2D eigenvalue weighted by Crippen LogP contribution is -2.42. The van der Waals surface area contributed by atoms with Crippen LogP contribution < -0.4 is 10.9 Å². The number of nitrogens with zero attached hydrogens (tertiary/aromatic N) is 5. The number of ether oxygens (including phenoxy) is 1. The minimum absolute atomic E-state index is 0.132. The number of hydrogen-bond acceptors (Lipinski definition) is 8. The summed E-state index contributed by atoms with van der Waals surface area (Å²) in [5.41, 5.74) is 2.69. The second-order valence-corrected chi connectivity index (χ2v) is 7.13. The van der Waals surface area contributed by atoms with Gasteiger partial charge < -0.3 is 19.5 Å². The highest BCUT2D eigenvalue weighted by Gasteiger charge is 2.27. The molecule has 10 heteroatoms. The highest BCUT2D eigenvalue weighted by Crippen LogP contribution is 2.24. The fourth-order valence-corrected chi connectivity index (χ4v) is 3.41. The Morgan fingerprint density at radius 3 is 3.00 bits per heavy atom. The third kappa shape index (κ3) is 3.92. The highest BCUT2D eigenvalue weighted by molar-refractivity contribution is 7.13. The number of aromatic nitrogens is 4. The van der Waals surface area contributed by atoms with Crippen LogP contribution in [-0.4, -0.2) is 50.3 Å². The third-order valence-electron chi connectivity index (χ3n) is 4.38. The summed E-state index contributed by atoms with van der Waals surface area (Å²) in [7, 11) is 1.63. The van der Waals surface area contributed by atoms with Gasteiger partial charge >= 0.3 is 0 Å². The average Bonchev–Trinajstić information content (AvgIpc) is 3.23. The van der Waals surface area contributed by atoms with Crippen LogP contribution in [0.3, 0.4) is 0 Å². The zero-order valence-electron chi connectivity index (χ0n) is 15.1. The minimum Gasteiger partial charge on any atom is -0.368 e. The average molecular weight is 398 g/mol. The van der Waals surface area contributed by atoms with E-state index < -0.39 is 0 Å². The van der Waals surface area contributed by atoms with Crippen LogP contribution in [0.25, 0.3) is 0 Å². The number of anilines is 2. The Kier molecular flexibility index (Phi) is 5.13. The van der Waals surface area contributed by atoms with Gasteiger partial charge in [0.05, 0.1) is 24.4 Å². The first-order chi connectivity index (χ1) is 13.6. The molecule has 1 aliphatic heterocycles. The molecule has 1 aliphatic rings. The predicted molar refractivity (Wildman–Crippen MR) is 104 cm³/mol. The Hall–Kier alpha value is -3.11. The Morgan fingerprint density at radius 1 is 1.32 bits per heavy atom. The van der Waals surface area contributed by atoms with Crippen molar-refractivity contribution in [2.45, 2.75) is 6.10 Å². The van der Waals surface area contributed by atoms with Crippen molar-refractivity contribution in [3.63, 3.8) is 0 Å². The van der Waals surface area contributed by atoms with Gasteiger partial charge in [-0.1, -0.05) is 17.4 Å². The highest BCUT2D eigenvalue weighted by atomic mass is 32.1. The molecule has 4 rings (SSSR count).